The number of hydrogen-bond acceptors (Lipinski definition) is 0. The maximum atomic E-state index is 0. The van der Waals surface area contributed by atoms with E-state index in [2.05, 4.69) is 0 Å². The number of hydrogen-bond donors (Lipinski definition) is 0. The molecule has 0 aliphatic rings. The fourth-order valence-electron chi connectivity index (χ4n) is 0. The molecule has 0 unspecified atom stereocenters. The zero-order valence-electron chi connectivity index (χ0n) is 0.354. The van der Waals surface area contributed by atoms with E-state index >= 15 is 0 Å². The monoisotopic (exact) mass is 230 g/mol. The van der Waals surface area contributed by atoms with Crippen LogP contribution < -0.4 is 0 Å². The van der Waals surface area contributed by atoms with Gasteiger partial charge in [0.05, 0.1) is 0 Å². The van der Waals surface area contributed by atoms with Crippen LogP contribution in [0.4, 0.5) is 0 Å². The fraction of sp³-hybridized carbons (Fsp3) is 0. The van der Waals surface area contributed by atoms with Gasteiger partial charge in [-0.15, -0.1) is 0 Å². The van der Waals surface area contributed by atoms with Gasteiger partial charge in [0.15, 0.2) is 0 Å². The molecule has 0 amide bonds. The molecule has 0 radical (unpaired) electrons. The molecular formula is H3GdNa3. The van der Waals surface area contributed by atoms with E-state index in [-0.39, 0.29) is 129 Å². The van der Waals surface area contributed by atoms with Gasteiger partial charge in [0, 0.05) is 39.9 Å². The predicted molar refractivity (Wildman–Crippen MR) is 21.4 cm³/mol. The van der Waals surface area contributed by atoms with Crippen molar-refractivity contribution >= 4 is 88.7 Å². The van der Waals surface area contributed by atoms with Crippen molar-refractivity contribution in [2.75, 3.05) is 0 Å². The second-order valence-corrected chi connectivity index (χ2v) is 0. The number of rotatable bonds is 0. The summed E-state index contributed by atoms with van der Waals surface area (Å²) in [5.41, 5.74) is 0. The summed E-state index contributed by atoms with van der Waals surface area (Å²) in [6, 6.07) is 0. The molecule has 0 rings (SSSR count). The van der Waals surface area contributed by atoms with E-state index in [0.717, 1.165) is 0 Å². The van der Waals surface area contributed by atoms with Gasteiger partial charge >= 0.3 is 88.7 Å². The van der Waals surface area contributed by atoms with E-state index in [1.807, 2.05) is 0 Å². The van der Waals surface area contributed by atoms with Gasteiger partial charge in [-0.05, 0) is 0 Å². The molecule has 0 aromatic heterocycles. The van der Waals surface area contributed by atoms with Crippen LogP contribution in [0.3, 0.4) is 0 Å². The van der Waals surface area contributed by atoms with Crippen molar-refractivity contribution in [1.82, 2.24) is 0 Å². The van der Waals surface area contributed by atoms with Crippen LogP contribution in [-0.4, -0.2) is 88.7 Å². The molecule has 0 saturated carbocycles. The zero-order valence-corrected chi connectivity index (χ0v) is 2.62. The van der Waals surface area contributed by atoms with E-state index in [4.69, 9.17) is 0 Å². The van der Waals surface area contributed by atoms with Gasteiger partial charge in [0.2, 0.25) is 0 Å². The van der Waals surface area contributed by atoms with Crippen LogP contribution in [0.25, 0.3) is 0 Å². The van der Waals surface area contributed by atoms with E-state index in [0.29, 0.717) is 0 Å². The van der Waals surface area contributed by atoms with Crippen LogP contribution in [-0.2, 0) is 0 Å². The third-order valence-electron chi connectivity index (χ3n) is 0. The van der Waals surface area contributed by atoms with Crippen molar-refractivity contribution in [3.63, 3.8) is 0 Å². The molecule has 0 atom stereocenters. The first kappa shape index (κ1) is 23.9. The molecule has 4 heteroatoms. The Morgan fingerprint density at radius 3 is 0.500 bits per heavy atom. The summed E-state index contributed by atoms with van der Waals surface area (Å²) < 4.78 is 0. The van der Waals surface area contributed by atoms with Gasteiger partial charge in [0.25, 0.3) is 0 Å². The molecule has 0 aliphatic carbocycles. The fourth-order valence-corrected chi connectivity index (χ4v) is 0. The van der Waals surface area contributed by atoms with Crippen molar-refractivity contribution in [1.29, 1.82) is 0 Å². The van der Waals surface area contributed by atoms with Crippen LogP contribution in [0.1, 0.15) is 0 Å². The Hall–Kier alpha value is 4.32. The van der Waals surface area contributed by atoms with Crippen LogP contribution in [0.2, 0.25) is 0 Å². The maximum absolute atomic E-state index is 0. The summed E-state index contributed by atoms with van der Waals surface area (Å²) in [4.78, 5) is 0. The predicted octanol–water partition coefficient (Wildman–Crippen LogP) is -1.95. The average molecular weight is 229 g/mol. The van der Waals surface area contributed by atoms with Gasteiger partial charge in [-0.3, -0.25) is 0 Å². The topological polar surface area (TPSA) is 0 Å². The minimum absolute atomic E-state index is 0. The second-order valence-electron chi connectivity index (χ2n) is 0. The summed E-state index contributed by atoms with van der Waals surface area (Å²) in [7, 11) is 0. The van der Waals surface area contributed by atoms with E-state index in [9.17, 15) is 0 Å². The molecular weight excluding hydrogens is 226 g/mol. The third-order valence-corrected chi connectivity index (χ3v) is 0. The first-order chi connectivity index (χ1) is 0. The molecule has 0 fully saturated rings. The molecule has 4 heavy (non-hydrogen) atoms. The Bertz CT molecular complexity index is 3.25. The van der Waals surface area contributed by atoms with Crippen molar-refractivity contribution in [3.8, 4) is 0 Å². The molecule has 0 aromatic rings. The van der Waals surface area contributed by atoms with E-state index < -0.39 is 0 Å². The van der Waals surface area contributed by atoms with Gasteiger partial charge in [-0.2, -0.15) is 0 Å². The van der Waals surface area contributed by atoms with Crippen molar-refractivity contribution in [2.24, 2.45) is 0 Å². The van der Waals surface area contributed by atoms with Crippen LogP contribution in [0.5, 0.6) is 0 Å². The van der Waals surface area contributed by atoms with Crippen molar-refractivity contribution in [2.45, 2.75) is 0 Å². The Morgan fingerprint density at radius 2 is 0.500 bits per heavy atom. The molecule has 0 N–H and O–H groups in total. The van der Waals surface area contributed by atoms with E-state index in [1.54, 1.807) is 0 Å². The second kappa shape index (κ2) is 15.7. The van der Waals surface area contributed by atoms with Gasteiger partial charge in [0.1, 0.15) is 0 Å². The molecule has 0 aliphatic heterocycles. The Kier molecular flexibility index (Phi) is 93.5. The zero-order chi connectivity index (χ0) is 0. The van der Waals surface area contributed by atoms with Crippen LogP contribution >= 0.6 is 0 Å². The first-order valence-corrected chi connectivity index (χ1v) is 0. The molecule has 14 valence electrons. The third kappa shape index (κ3) is 9.59. The summed E-state index contributed by atoms with van der Waals surface area (Å²) >= 11 is 0. The normalized spacial score (nSPS) is 0. The molecule has 0 nitrogen and oxygen atoms in total. The Labute approximate surface area is 125 Å². The van der Waals surface area contributed by atoms with Crippen LogP contribution in [0, 0.1) is 39.9 Å². The standard InChI is InChI=1S/Gd.3Na.3H. The van der Waals surface area contributed by atoms with Gasteiger partial charge in [-0.1, -0.05) is 0 Å². The SMILES string of the molecule is [Gd].[NaH].[NaH].[NaH]. The minimum atomic E-state index is 0. The van der Waals surface area contributed by atoms with Crippen LogP contribution in [0.15, 0.2) is 0 Å². The molecule has 0 saturated heterocycles. The van der Waals surface area contributed by atoms with Crippen molar-refractivity contribution in [3.05, 3.63) is 0 Å². The van der Waals surface area contributed by atoms with Crippen molar-refractivity contribution < 1.29 is 39.9 Å². The Morgan fingerprint density at radius 1 is 0.500 bits per heavy atom. The summed E-state index contributed by atoms with van der Waals surface area (Å²) in [5, 5.41) is 0. The molecule has 0 spiro atoms. The quantitative estimate of drug-likeness (QED) is 0.424. The summed E-state index contributed by atoms with van der Waals surface area (Å²) in [5.74, 6) is 0. The average Bonchev–Trinajstić information content (AvgIpc) is 0. The molecule has 0 aromatic carbocycles. The van der Waals surface area contributed by atoms with E-state index in [1.165, 1.54) is 0 Å². The Balaban J connectivity index is 0. The van der Waals surface area contributed by atoms with Gasteiger partial charge in [-0.25, -0.2) is 0 Å². The molecule has 0 bridgehead atoms. The summed E-state index contributed by atoms with van der Waals surface area (Å²) in [6.45, 7) is 0. The van der Waals surface area contributed by atoms with Gasteiger partial charge < -0.3 is 0 Å². The first-order valence-electron chi connectivity index (χ1n) is 0. The molecule has 0 heterocycles. The summed E-state index contributed by atoms with van der Waals surface area (Å²) in [6.07, 6.45) is 0.